The number of hydrogen-bond acceptors (Lipinski definition) is 4. The molecule has 2 N–H and O–H groups in total. The summed E-state index contributed by atoms with van der Waals surface area (Å²) in [5, 5.41) is 7.22. The van der Waals surface area contributed by atoms with Crippen LogP contribution in [-0.2, 0) is 4.74 Å². The fourth-order valence-electron chi connectivity index (χ4n) is 3.67. The monoisotopic (exact) mass is 368 g/mol. The van der Waals surface area contributed by atoms with E-state index in [4.69, 9.17) is 4.74 Å². The zero-order chi connectivity index (χ0) is 18.1. The van der Waals surface area contributed by atoms with Crippen LogP contribution in [0.2, 0.25) is 0 Å². The molecule has 0 spiro atoms. The van der Waals surface area contributed by atoms with Crippen LogP contribution in [0.3, 0.4) is 0 Å². The molecule has 0 radical (unpaired) electrons. The van der Waals surface area contributed by atoms with E-state index in [1.807, 2.05) is 7.05 Å². The standard InChI is InChI=1S/C19H36N4OS/c1-5-25-19(8-12-24-13-9-19)15-21-18(20-4)22-17-6-10-23(11-7-17)14-16(2)3/h17H,2,5-15H2,1,3-4H3,(H2,20,21,22). The first-order valence-electron chi connectivity index (χ1n) is 9.62. The molecular formula is C19H36N4OS. The van der Waals surface area contributed by atoms with Crippen LogP contribution in [0.25, 0.3) is 0 Å². The van der Waals surface area contributed by atoms with E-state index in [9.17, 15) is 0 Å². The summed E-state index contributed by atoms with van der Waals surface area (Å²) in [4.78, 5) is 6.94. The molecule has 25 heavy (non-hydrogen) atoms. The number of piperidine rings is 1. The third-order valence-corrected chi connectivity index (χ3v) is 6.53. The lowest BCUT2D eigenvalue weighted by Gasteiger charge is -2.37. The number of ether oxygens (including phenoxy) is 1. The summed E-state index contributed by atoms with van der Waals surface area (Å²) in [6.45, 7) is 14.4. The van der Waals surface area contributed by atoms with Crippen molar-refractivity contribution in [2.24, 2.45) is 4.99 Å². The summed E-state index contributed by atoms with van der Waals surface area (Å²) in [5.41, 5.74) is 1.25. The smallest absolute Gasteiger partial charge is 0.191 e. The summed E-state index contributed by atoms with van der Waals surface area (Å²) in [7, 11) is 1.87. The van der Waals surface area contributed by atoms with Crippen LogP contribution in [0.15, 0.2) is 17.1 Å². The molecule has 5 nitrogen and oxygen atoms in total. The van der Waals surface area contributed by atoms with E-state index < -0.39 is 0 Å². The van der Waals surface area contributed by atoms with Gasteiger partial charge in [0.15, 0.2) is 5.96 Å². The number of rotatable bonds is 7. The van der Waals surface area contributed by atoms with Gasteiger partial charge >= 0.3 is 0 Å². The second-order valence-corrected chi connectivity index (χ2v) is 9.04. The van der Waals surface area contributed by atoms with Gasteiger partial charge in [0.2, 0.25) is 0 Å². The molecule has 0 saturated carbocycles. The van der Waals surface area contributed by atoms with Gasteiger partial charge in [-0.15, -0.1) is 0 Å². The van der Waals surface area contributed by atoms with Crippen LogP contribution in [0.4, 0.5) is 0 Å². The van der Waals surface area contributed by atoms with Crippen molar-refractivity contribution < 1.29 is 4.74 Å². The molecule has 2 rings (SSSR count). The van der Waals surface area contributed by atoms with Crippen molar-refractivity contribution >= 4 is 17.7 Å². The Labute approximate surface area is 158 Å². The van der Waals surface area contributed by atoms with Crippen LogP contribution in [0, 0.1) is 0 Å². The molecule has 0 bridgehead atoms. The molecule has 2 saturated heterocycles. The van der Waals surface area contributed by atoms with Crippen molar-refractivity contribution in [2.75, 3.05) is 52.2 Å². The van der Waals surface area contributed by atoms with E-state index >= 15 is 0 Å². The Kier molecular flexibility index (Phi) is 8.59. The Balaban J connectivity index is 1.78. The average molecular weight is 369 g/mol. The lowest BCUT2D eigenvalue weighted by atomic mass is 9.99. The highest BCUT2D eigenvalue weighted by atomic mass is 32.2. The molecule has 0 amide bonds. The van der Waals surface area contributed by atoms with Crippen molar-refractivity contribution in [1.82, 2.24) is 15.5 Å². The van der Waals surface area contributed by atoms with Crippen LogP contribution >= 0.6 is 11.8 Å². The van der Waals surface area contributed by atoms with Gasteiger partial charge in [0.1, 0.15) is 0 Å². The van der Waals surface area contributed by atoms with Crippen molar-refractivity contribution in [3.8, 4) is 0 Å². The number of hydrogen-bond donors (Lipinski definition) is 2. The van der Waals surface area contributed by atoms with Crippen molar-refractivity contribution in [2.45, 2.75) is 50.3 Å². The Morgan fingerprint density at radius 1 is 1.32 bits per heavy atom. The van der Waals surface area contributed by atoms with Gasteiger partial charge in [0.05, 0.1) is 0 Å². The summed E-state index contributed by atoms with van der Waals surface area (Å²) < 4.78 is 5.85. The van der Waals surface area contributed by atoms with Gasteiger partial charge < -0.3 is 15.4 Å². The second-order valence-electron chi connectivity index (χ2n) is 7.31. The maximum absolute atomic E-state index is 5.57. The van der Waals surface area contributed by atoms with Gasteiger partial charge in [-0.25, -0.2) is 0 Å². The van der Waals surface area contributed by atoms with Crippen LogP contribution < -0.4 is 10.6 Å². The Hall–Kier alpha value is -0.720. The predicted octanol–water partition coefficient (Wildman–Crippen LogP) is 2.49. The summed E-state index contributed by atoms with van der Waals surface area (Å²) in [6.07, 6.45) is 4.57. The molecule has 2 aliphatic rings. The molecule has 144 valence electrons. The fraction of sp³-hybridized carbons (Fsp3) is 0.842. The highest BCUT2D eigenvalue weighted by Crippen LogP contribution is 2.34. The zero-order valence-electron chi connectivity index (χ0n) is 16.3. The van der Waals surface area contributed by atoms with E-state index in [1.54, 1.807) is 0 Å². The minimum Gasteiger partial charge on any atom is -0.381 e. The van der Waals surface area contributed by atoms with Gasteiger partial charge in [-0.2, -0.15) is 11.8 Å². The molecule has 0 aliphatic carbocycles. The number of thioether (sulfide) groups is 1. The van der Waals surface area contributed by atoms with Crippen molar-refractivity contribution in [3.63, 3.8) is 0 Å². The SMILES string of the molecule is C=C(C)CN1CCC(NC(=NC)NCC2(SCC)CCOCC2)CC1. The van der Waals surface area contributed by atoms with Crippen LogP contribution in [0.5, 0.6) is 0 Å². The molecule has 0 aromatic carbocycles. The van der Waals surface area contributed by atoms with Gasteiger partial charge in [-0.3, -0.25) is 9.89 Å². The first kappa shape index (κ1) is 20.6. The van der Waals surface area contributed by atoms with E-state index in [-0.39, 0.29) is 4.75 Å². The van der Waals surface area contributed by atoms with Gasteiger partial charge in [0, 0.05) is 57.2 Å². The van der Waals surface area contributed by atoms with Crippen molar-refractivity contribution in [1.29, 1.82) is 0 Å². The van der Waals surface area contributed by atoms with E-state index in [0.29, 0.717) is 6.04 Å². The first-order chi connectivity index (χ1) is 12.1. The molecule has 0 aromatic heterocycles. The van der Waals surface area contributed by atoms with E-state index in [1.165, 1.54) is 5.57 Å². The highest BCUT2D eigenvalue weighted by molar-refractivity contribution is 8.00. The van der Waals surface area contributed by atoms with Gasteiger partial charge in [-0.05, 0) is 38.4 Å². The first-order valence-corrected chi connectivity index (χ1v) is 10.6. The number of nitrogens with one attached hydrogen (secondary N) is 2. The summed E-state index contributed by atoms with van der Waals surface area (Å²) >= 11 is 2.06. The molecule has 2 heterocycles. The lowest BCUT2D eigenvalue weighted by molar-refractivity contribution is 0.0781. The maximum Gasteiger partial charge on any atom is 0.191 e. The minimum absolute atomic E-state index is 0.287. The molecular weight excluding hydrogens is 332 g/mol. The van der Waals surface area contributed by atoms with Gasteiger partial charge in [-0.1, -0.05) is 19.1 Å². The quantitative estimate of drug-likeness (QED) is 0.411. The largest absolute Gasteiger partial charge is 0.381 e. The van der Waals surface area contributed by atoms with Crippen LogP contribution in [0.1, 0.15) is 39.5 Å². The number of guanidine groups is 1. The second kappa shape index (κ2) is 10.4. The summed E-state index contributed by atoms with van der Waals surface area (Å²) in [5.74, 6) is 2.09. The Morgan fingerprint density at radius 2 is 2.00 bits per heavy atom. The zero-order valence-corrected chi connectivity index (χ0v) is 17.1. The molecule has 0 atom stereocenters. The molecule has 0 aromatic rings. The summed E-state index contributed by atoms with van der Waals surface area (Å²) in [6, 6.07) is 0.511. The van der Waals surface area contributed by atoms with E-state index in [2.05, 4.69) is 52.7 Å². The predicted molar refractivity (Wildman–Crippen MR) is 110 cm³/mol. The third-order valence-electron chi connectivity index (χ3n) is 5.08. The Bertz CT molecular complexity index is 435. The topological polar surface area (TPSA) is 48.9 Å². The number of likely N-dealkylation sites (tertiary alicyclic amines) is 1. The minimum atomic E-state index is 0.287. The number of aliphatic imine (C=N–C) groups is 1. The maximum atomic E-state index is 5.57. The van der Waals surface area contributed by atoms with Gasteiger partial charge in [0.25, 0.3) is 0 Å². The molecule has 0 unspecified atom stereocenters. The van der Waals surface area contributed by atoms with Crippen LogP contribution in [-0.4, -0.2) is 73.8 Å². The highest BCUT2D eigenvalue weighted by Gasteiger charge is 2.33. The fourth-order valence-corrected chi connectivity index (χ4v) is 4.91. The Morgan fingerprint density at radius 3 is 2.56 bits per heavy atom. The number of nitrogens with zero attached hydrogens (tertiary/aromatic N) is 2. The lowest BCUT2D eigenvalue weighted by Crippen LogP contribution is -2.52. The average Bonchev–Trinajstić information content (AvgIpc) is 2.61. The molecule has 2 aliphatic heterocycles. The van der Waals surface area contributed by atoms with E-state index in [0.717, 1.165) is 76.8 Å². The third kappa shape index (κ3) is 6.83. The molecule has 6 heteroatoms. The molecule has 2 fully saturated rings. The normalized spacial score (nSPS) is 22.6. The van der Waals surface area contributed by atoms with Crippen molar-refractivity contribution in [3.05, 3.63) is 12.2 Å².